The zero-order valence-corrected chi connectivity index (χ0v) is 29.5. The Kier molecular flexibility index (Phi) is 10.8. The van der Waals surface area contributed by atoms with Crippen LogP contribution in [0.5, 0.6) is 5.75 Å². The number of nitrogens with zero attached hydrogens (tertiary/aromatic N) is 3. The predicted octanol–water partition coefficient (Wildman–Crippen LogP) is 6.51. The van der Waals surface area contributed by atoms with Gasteiger partial charge in [-0.05, 0) is 86.2 Å². The third-order valence-electron chi connectivity index (χ3n) is 11.2. The molecule has 2 amide bonds. The van der Waals surface area contributed by atoms with Crippen molar-refractivity contribution in [3.8, 4) is 5.75 Å². The second kappa shape index (κ2) is 14.7. The van der Waals surface area contributed by atoms with E-state index in [2.05, 4.69) is 30.2 Å². The van der Waals surface area contributed by atoms with Crippen LogP contribution < -0.4 is 15.4 Å². The molecular weight excluding hydrogens is 652 g/mol. The molecule has 12 heteroatoms. The summed E-state index contributed by atoms with van der Waals surface area (Å²) in [6.45, 7) is 9.82. The highest BCUT2D eigenvalue weighted by Gasteiger charge is 2.66. The second-order valence-corrected chi connectivity index (χ2v) is 15.9. The summed E-state index contributed by atoms with van der Waals surface area (Å²) in [5, 5.41) is 9.42. The van der Waals surface area contributed by atoms with Crippen molar-refractivity contribution >= 4 is 23.3 Å². The van der Waals surface area contributed by atoms with Crippen molar-refractivity contribution in [3.63, 3.8) is 0 Å². The average molecular weight is 702 g/mol. The van der Waals surface area contributed by atoms with E-state index in [0.29, 0.717) is 57.7 Å². The van der Waals surface area contributed by atoms with Crippen LogP contribution >= 0.6 is 11.3 Å². The lowest BCUT2D eigenvalue weighted by Gasteiger charge is -2.46. The summed E-state index contributed by atoms with van der Waals surface area (Å²) >= 11 is 1.66. The van der Waals surface area contributed by atoms with Gasteiger partial charge in [-0.2, -0.15) is 13.2 Å². The summed E-state index contributed by atoms with van der Waals surface area (Å²) in [6, 6.07) is 11.0. The Morgan fingerprint density at radius 1 is 1.06 bits per heavy atom. The van der Waals surface area contributed by atoms with E-state index in [1.165, 1.54) is 16.2 Å². The van der Waals surface area contributed by atoms with Crippen LogP contribution in [0.4, 0.5) is 18.0 Å². The van der Waals surface area contributed by atoms with E-state index < -0.39 is 30.4 Å². The molecule has 6 rings (SSSR count). The highest BCUT2D eigenvalue weighted by Crippen LogP contribution is 2.50. The number of amides is 2. The number of piperidine rings is 1. The molecule has 2 aliphatic heterocycles. The van der Waals surface area contributed by atoms with Crippen molar-refractivity contribution in [2.75, 3.05) is 39.3 Å². The molecule has 268 valence electrons. The van der Waals surface area contributed by atoms with Gasteiger partial charge >= 0.3 is 12.3 Å². The summed E-state index contributed by atoms with van der Waals surface area (Å²) < 4.78 is 45.3. The van der Waals surface area contributed by atoms with Gasteiger partial charge in [0.05, 0.1) is 25.2 Å². The summed E-state index contributed by atoms with van der Waals surface area (Å²) in [4.78, 5) is 34.8. The van der Waals surface area contributed by atoms with Crippen LogP contribution in [0.1, 0.15) is 68.7 Å². The largest absolute Gasteiger partial charge is 0.415 e. The van der Waals surface area contributed by atoms with Crippen LogP contribution in [0.15, 0.2) is 53.9 Å². The first-order valence-corrected chi connectivity index (χ1v) is 18.6. The van der Waals surface area contributed by atoms with Crippen LogP contribution in [-0.2, 0) is 11.3 Å². The van der Waals surface area contributed by atoms with E-state index in [4.69, 9.17) is 4.74 Å². The molecule has 1 spiro atoms. The molecule has 1 aromatic carbocycles. The lowest BCUT2D eigenvalue weighted by molar-refractivity contribution is -0.151. The molecule has 2 saturated heterocycles. The van der Waals surface area contributed by atoms with Crippen molar-refractivity contribution < 1.29 is 27.5 Å². The fraction of sp³-hybridized carbons (Fsp3) is 0.622. The highest BCUT2D eigenvalue weighted by molar-refractivity contribution is 7.09. The Balaban J connectivity index is 1.23. The number of hydrogen-bond donors (Lipinski definition) is 2. The fourth-order valence-electron chi connectivity index (χ4n) is 8.19. The maximum absolute atomic E-state index is 14.9. The van der Waals surface area contributed by atoms with Gasteiger partial charge in [0.25, 0.3) is 0 Å². The average Bonchev–Trinajstić information content (AvgIpc) is 3.36. The van der Waals surface area contributed by atoms with Crippen LogP contribution in [0.2, 0.25) is 0 Å². The first-order chi connectivity index (χ1) is 23.4. The molecule has 0 radical (unpaired) electrons. The molecule has 1 aromatic heterocycles. The normalized spacial score (nSPS) is 25.4. The third-order valence-corrected chi connectivity index (χ3v) is 12.1. The molecule has 3 atom stereocenters. The summed E-state index contributed by atoms with van der Waals surface area (Å²) in [5.74, 6) is 0.492. The number of benzene rings is 1. The Bertz CT molecular complexity index is 1470. The van der Waals surface area contributed by atoms with Crippen molar-refractivity contribution in [3.05, 3.63) is 64.4 Å². The van der Waals surface area contributed by atoms with E-state index >= 15 is 0 Å². The van der Waals surface area contributed by atoms with Crippen molar-refractivity contribution in [2.24, 2.45) is 5.41 Å². The summed E-state index contributed by atoms with van der Waals surface area (Å²) in [6.07, 6.45) is 2.48. The van der Waals surface area contributed by atoms with Crippen molar-refractivity contribution in [1.82, 2.24) is 25.3 Å². The molecule has 0 unspecified atom stereocenters. The number of thiophene rings is 1. The smallest absolute Gasteiger partial charge is 0.410 e. The quantitative estimate of drug-likeness (QED) is 0.275. The minimum atomic E-state index is -4.22. The number of piperazine rings is 1. The number of rotatable bonds is 10. The van der Waals surface area contributed by atoms with E-state index in [9.17, 15) is 22.8 Å². The minimum Gasteiger partial charge on any atom is -0.410 e. The molecule has 2 N–H and O–H groups in total. The first-order valence-electron chi connectivity index (χ1n) is 17.7. The lowest BCUT2D eigenvalue weighted by Crippen LogP contribution is -2.65. The van der Waals surface area contributed by atoms with Gasteiger partial charge in [-0.25, -0.2) is 4.79 Å². The molecule has 49 heavy (non-hydrogen) atoms. The van der Waals surface area contributed by atoms with Crippen LogP contribution in [0.25, 0.3) is 0 Å². The molecule has 8 nitrogen and oxygen atoms in total. The molecule has 4 aliphatic rings. The van der Waals surface area contributed by atoms with E-state index in [-0.39, 0.29) is 30.0 Å². The van der Waals surface area contributed by atoms with Gasteiger partial charge in [0.2, 0.25) is 5.91 Å². The van der Waals surface area contributed by atoms with Gasteiger partial charge in [-0.1, -0.05) is 57.0 Å². The Morgan fingerprint density at radius 2 is 1.80 bits per heavy atom. The number of ether oxygens (including phenoxy) is 1. The van der Waals surface area contributed by atoms with Crippen molar-refractivity contribution in [2.45, 2.75) is 102 Å². The minimum absolute atomic E-state index is 0.0157. The van der Waals surface area contributed by atoms with Crippen molar-refractivity contribution in [1.29, 1.82) is 0 Å². The Labute approximate surface area is 292 Å². The zero-order valence-electron chi connectivity index (χ0n) is 28.7. The van der Waals surface area contributed by atoms with E-state index in [0.717, 1.165) is 36.8 Å². The topological polar surface area (TPSA) is 77.2 Å². The Hall–Kier alpha value is -2.93. The number of carbonyl (C=O) groups excluding carboxylic acids is 2. The maximum Gasteiger partial charge on any atom is 0.415 e. The number of para-hydroxylation sites is 1. The SMILES string of the molecule is C=C1[C@H](NCc2cccs2)[C@]12CN(C(=O)Oc1ccccc1C)CCN2C(=O)[C@@H](CC1(C)CCN(CC(F)(F)F)CC1)NC1CCCCC1. The van der Waals surface area contributed by atoms with Gasteiger partial charge in [-0.3, -0.25) is 9.69 Å². The van der Waals surface area contributed by atoms with Gasteiger partial charge in [-0.15, -0.1) is 11.3 Å². The molecule has 0 bridgehead atoms. The Morgan fingerprint density at radius 3 is 2.47 bits per heavy atom. The summed E-state index contributed by atoms with van der Waals surface area (Å²) in [7, 11) is 0. The molecule has 2 aliphatic carbocycles. The number of nitrogens with one attached hydrogen (secondary N) is 2. The predicted molar refractivity (Wildman–Crippen MR) is 186 cm³/mol. The number of alkyl halides is 3. The lowest BCUT2D eigenvalue weighted by atomic mass is 9.74. The second-order valence-electron chi connectivity index (χ2n) is 14.8. The number of likely N-dealkylation sites (tertiary alicyclic amines) is 1. The number of hydrogen-bond acceptors (Lipinski definition) is 7. The van der Waals surface area contributed by atoms with Crippen LogP contribution in [0.3, 0.4) is 0 Å². The third kappa shape index (κ3) is 8.35. The molecule has 3 heterocycles. The molecule has 2 aromatic rings. The van der Waals surface area contributed by atoms with Crippen LogP contribution in [-0.4, -0.2) is 95.8 Å². The number of halogens is 3. The number of carbonyl (C=O) groups is 2. The van der Waals surface area contributed by atoms with E-state index in [1.54, 1.807) is 22.3 Å². The first kappa shape index (κ1) is 35.9. The van der Waals surface area contributed by atoms with Gasteiger partial charge in [0.15, 0.2) is 0 Å². The highest BCUT2D eigenvalue weighted by atomic mass is 32.1. The molecule has 2 saturated carbocycles. The molecule has 4 fully saturated rings. The van der Waals surface area contributed by atoms with Crippen LogP contribution in [0, 0.1) is 12.3 Å². The maximum atomic E-state index is 14.9. The van der Waals surface area contributed by atoms with Gasteiger partial charge < -0.3 is 25.2 Å². The monoisotopic (exact) mass is 701 g/mol. The fourth-order valence-corrected chi connectivity index (χ4v) is 8.84. The standard InChI is InChI=1S/C37H50F3N5O3S/c1-26-10-7-8-14-31(26)48-34(47)44-19-20-45(36(24-44)27(2)32(36)41-23-29-13-9-21-49-29)33(46)30(42-28-11-5-4-6-12-28)22-35(3)15-17-43(18-16-35)25-37(38,39)40/h7-10,13-14,21,28,30,32,41-42H,2,4-6,11-12,15-20,22-25H2,1,3H3/t30-,32+,36+/m1/s1. The summed E-state index contributed by atoms with van der Waals surface area (Å²) in [5.41, 5.74) is 0.656. The molecular formula is C37H50F3N5O3S. The van der Waals surface area contributed by atoms with Gasteiger partial charge in [0, 0.05) is 30.6 Å². The zero-order chi connectivity index (χ0) is 34.8. The van der Waals surface area contributed by atoms with Gasteiger partial charge in [0.1, 0.15) is 11.3 Å². The van der Waals surface area contributed by atoms with E-state index in [1.807, 2.05) is 41.5 Å². The number of aryl methyl sites for hydroxylation is 1.